The molecule has 0 fully saturated rings. The van der Waals surface area contributed by atoms with Gasteiger partial charge < -0.3 is 18.1 Å². The third-order valence-corrected chi connectivity index (χ3v) is 18.0. The van der Waals surface area contributed by atoms with Crippen LogP contribution in [0.5, 0.6) is 23.0 Å². The second-order valence-corrected chi connectivity index (χ2v) is 33.3. The highest BCUT2D eigenvalue weighted by Gasteiger charge is 2.35. The topological polar surface area (TPSA) is 36.9 Å². The molecule has 4 bridgehead atoms. The molecule has 414 valence electrons. The van der Waals surface area contributed by atoms with E-state index in [1.165, 1.54) is 66.8 Å². The molecule has 0 amide bonds. The van der Waals surface area contributed by atoms with Gasteiger partial charge in [-0.1, -0.05) is 215 Å². The summed E-state index contributed by atoms with van der Waals surface area (Å²) in [6, 6.07) is 36.4. The lowest BCUT2D eigenvalue weighted by atomic mass is 9.74. The molecule has 7 rings (SSSR count). The third kappa shape index (κ3) is 13.5. The van der Waals surface area contributed by atoms with E-state index in [2.05, 4.69) is 277 Å². The van der Waals surface area contributed by atoms with E-state index in [-0.39, 0.29) is 43.3 Å². The van der Waals surface area contributed by atoms with Gasteiger partial charge in [-0.3, -0.25) is 0 Å². The summed E-state index contributed by atoms with van der Waals surface area (Å²) in [5.74, 6) is 3.54. The Morgan fingerprint density at radius 1 is 0.351 bits per heavy atom. The van der Waals surface area contributed by atoms with Crippen molar-refractivity contribution >= 4 is 27.4 Å². The molecular weight excluding hydrogens is 979 g/mol. The Hall–Kier alpha value is -4.62. The SMILES string of the molecule is Cc1cc(OP(Oc2cc(C)c(C(C)(C)C)cc2C(C)(C)C)c2ccc(-c3ccc(P4Oc5cc(c(C(C)(C)C)cc5C(C)(C)C)Cc5cc(c(C(C)(C)C)cc5C(C)(C)C)O4)cc3)cc2)c(C(C)(C)C)cc1C(C)(C)C. The van der Waals surface area contributed by atoms with Gasteiger partial charge in [0.05, 0.1) is 10.6 Å². The molecule has 0 radical (unpaired) electrons. The molecule has 0 spiro atoms. The molecule has 0 aromatic heterocycles. The lowest BCUT2D eigenvalue weighted by Crippen LogP contribution is -2.23. The Balaban J connectivity index is 1.33. The minimum absolute atomic E-state index is 0.0166. The van der Waals surface area contributed by atoms with Crippen molar-refractivity contribution in [2.24, 2.45) is 0 Å². The summed E-state index contributed by atoms with van der Waals surface area (Å²) >= 11 is 0. The van der Waals surface area contributed by atoms with Crippen molar-refractivity contribution in [3.05, 3.63) is 164 Å². The Labute approximate surface area is 470 Å². The first-order valence-electron chi connectivity index (χ1n) is 28.2. The van der Waals surface area contributed by atoms with Gasteiger partial charge in [0.1, 0.15) is 23.0 Å². The molecule has 0 saturated heterocycles. The molecule has 1 aliphatic heterocycles. The number of hydrogen-bond donors (Lipinski definition) is 0. The maximum absolute atomic E-state index is 7.33. The number of hydrogen-bond acceptors (Lipinski definition) is 4. The van der Waals surface area contributed by atoms with Crippen molar-refractivity contribution in [2.75, 3.05) is 0 Å². The van der Waals surface area contributed by atoms with Gasteiger partial charge in [-0.25, -0.2) is 0 Å². The van der Waals surface area contributed by atoms with Crippen LogP contribution in [0.15, 0.2) is 97.1 Å². The average molecular weight is 1080 g/mol. The monoisotopic (exact) mass is 1070 g/mol. The summed E-state index contributed by atoms with van der Waals surface area (Å²) in [5, 5.41) is 2.01. The first kappa shape index (κ1) is 60.0. The van der Waals surface area contributed by atoms with Crippen LogP contribution in [0.4, 0.5) is 0 Å². The standard InChI is InChI=1S/C71H96O4P2/c1-44-35-60(56(68(15,16)17)40-52(44)64(3,4)5)72-76(73-61-36-45(2)53(65(6,7)8)41-57(61)69(18,19)20)50-31-27-46(28-32-50)47-29-33-51(34-30-47)77-74-62-38-48(54(66(9,10)11)42-58(62)70(21,22)23)37-49-39-63(75-77)59(71(24,25)26)43-55(49)67(12,13)14/h27-36,38-43H,37H2,1-26H3. The highest BCUT2D eigenvalue weighted by atomic mass is 31.2. The smallest absolute Gasteiger partial charge is 0.326 e. The zero-order valence-corrected chi connectivity index (χ0v) is 54.3. The predicted octanol–water partition coefficient (Wildman–Crippen LogP) is 20.4. The van der Waals surface area contributed by atoms with E-state index in [4.69, 9.17) is 18.1 Å². The van der Waals surface area contributed by atoms with E-state index in [0.29, 0.717) is 0 Å². The number of benzene rings is 6. The van der Waals surface area contributed by atoms with Crippen LogP contribution in [-0.2, 0) is 49.7 Å². The molecule has 6 aromatic rings. The molecule has 77 heavy (non-hydrogen) atoms. The minimum atomic E-state index is -1.65. The molecule has 6 aromatic carbocycles. The van der Waals surface area contributed by atoms with E-state index in [0.717, 1.165) is 51.2 Å². The fourth-order valence-corrected chi connectivity index (χ4v) is 13.5. The fourth-order valence-electron chi connectivity index (χ4n) is 10.9. The summed E-state index contributed by atoms with van der Waals surface area (Å²) in [4.78, 5) is 0. The Bertz CT molecular complexity index is 2950. The summed E-state index contributed by atoms with van der Waals surface area (Å²) in [5.41, 5.74) is 16.6. The van der Waals surface area contributed by atoms with Crippen molar-refractivity contribution in [3.8, 4) is 34.1 Å². The highest BCUT2D eigenvalue weighted by molar-refractivity contribution is 7.57. The lowest BCUT2D eigenvalue weighted by Gasteiger charge is -2.34. The van der Waals surface area contributed by atoms with E-state index in [1.54, 1.807) is 0 Å². The molecule has 0 unspecified atom stereocenters. The molecule has 1 heterocycles. The minimum Gasteiger partial charge on any atom is -0.435 e. The number of aryl methyl sites for hydroxylation is 2. The maximum Gasteiger partial charge on any atom is 0.326 e. The number of rotatable bonds is 7. The summed E-state index contributed by atoms with van der Waals surface area (Å²) in [7, 11) is -3.26. The first-order valence-corrected chi connectivity index (χ1v) is 30.6. The molecule has 6 heteroatoms. The van der Waals surface area contributed by atoms with Crippen LogP contribution in [0, 0.1) is 13.8 Å². The molecule has 0 aliphatic carbocycles. The van der Waals surface area contributed by atoms with Crippen LogP contribution < -0.4 is 28.7 Å². The molecule has 0 saturated carbocycles. The number of fused-ring (bicyclic) bond motifs is 4. The largest absolute Gasteiger partial charge is 0.435 e. The highest BCUT2D eigenvalue weighted by Crippen LogP contribution is 2.52. The van der Waals surface area contributed by atoms with E-state index in [1.807, 2.05) is 0 Å². The van der Waals surface area contributed by atoms with Gasteiger partial charge >= 0.3 is 16.8 Å². The van der Waals surface area contributed by atoms with Gasteiger partial charge in [0.2, 0.25) is 0 Å². The van der Waals surface area contributed by atoms with Crippen LogP contribution in [0.1, 0.15) is 233 Å². The van der Waals surface area contributed by atoms with Gasteiger partial charge in [0.15, 0.2) is 0 Å². The summed E-state index contributed by atoms with van der Waals surface area (Å²) in [6.45, 7) is 59.6. The Morgan fingerprint density at radius 3 is 0.961 bits per heavy atom. The summed E-state index contributed by atoms with van der Waals surface area (Å²) < 4.78 is 29.3. The molecule has 0 N–H and O–H groups in total. The first-order chi connectivity index (χ1) is 35.0. The van der Waals surface area contributed by atoms with Crippen molar-refractivity contribution < 1.29 is 18.1 Å². The van der Waals surface area contributed by atoms with Gasteiger partial charge in [-0.15, -0.1) is 0 Å². The van der Waals surface area contributed by atoms with E-state index >= 15 is 0 Å². The quantitative estimate of drug-likeness (QED) is 0.149. The van der Waals surface area contributed by atoms with E-state index in [9.17, 15) is 0 Å². The van der Waals surface area contributed by atoms with Crippen LogP contribution in [-0.4, -0.2) is 0 Å². The molecule has 1 aliphatic rings. The lowest BCUT2D eigenvalue weighted by molar-refractivity contribution is 0.462. The van der Waals surface area contributed by atoms with Crippen molar-refractivity contribution in [1.29, 1.82) is 0 Å². The van der Waals surface area contributed by atoms with Crippen LogP contribution in [0.2, 0.25) is 0 Å². The second-order valence-electron chi connectivity index (χ2n) is 30.5. The molecular formula is C71H96O4P2. The van der Waals surface area contributed by atoms with Crippen LogP contribution in [0.25, 0.3) is 11.1 Å². The van der Waals surface area contributed by atoms with Gasteiger partial charge in [0, 0.05) is 22.3 Å². The van der Waals surface area contributed by atoms with Crippen molar-refractivity contribution in [3.63, 3.8) is 0 Å². The fraction of sp³-hybridized carbons (Fsp3) is 0.493. The Morgan fingerprint density at radius 2 is 0.649 bits per heavy atom. The van der Waals surface area contributed by atoms with Crippen molar-refractivity contribution in [1.82, 2.24) is 0 Å². The zero-order chi connectivity index (χ0) is 57.6. The Kier molecular flexibility index (Phi) is 16.2. The zero-order valence-electron chi connectivity index (χ0n) is 52.5. The van der Waals surface area contributed by atoms with Crippen LogP contribution >= 0.6 is 16.8 Å². The van der Waals surface area contributed by atoms with E-state index < -0.39 is 16.8 Å². The molecule has 4 nitrogen and oxygen atoms in total. The van der Waals surface area contributed by atoms with Crippen LogP contribution in [0.3, 0.4) is 0 Å². The van der Waals surface area contributed by atoms with Gasteiger partial charge in [0.25, 0.3) is 0 Å². The average Bonchev–Trinajstić information content (AvgIpc) is 3.25. The predicted molar refractivity (Wildman–Crippen MR) is 335 cm³/mol. The maximum atomic E-state index is 7.33. The van der Waals surface area contributed by atoms with Gasteiger partial charge in [-0.05, 0) is 168 Å². The third-order valence-electron chi connectivity index (χ3n) is 15.1. The molecule has 0 atom stereocenters. The normalized spacial score (nSPS) is 14.3. The second kappa shape index (κ2) is 20.8. The van der Waals surface area contributed by atoms with Gasteiger partial charge in [-0.2, -0.15) is 0 Å². The van der Waals surface area contributed by atoms with Crippen molar-refractivity contribution in [2.45, 2.75) is 230 Å². The summed E-state index contributed by atoms with van der Waals surface area (Å²) in [6.07, 6.45) is 0.802.